The fourth-order valence-electron chi connectivity index (χ4n) is 5.72. The summed E-state index contributed by atoms with van der Waals surface area (Å²) >= 11 is 1.79. The van der Waals surface area contributed by atoms with Crippen molar-refractivity contribution in [3.8, 4) is 34.5 Å². The Morgan fingerprint density at radius 2 is 1.27 bits per heavy atom. The molecular weight excluding hydrogens is 508 g/mol. The highest BCUT2D eigenvalue weighted by atomic mass is 32.1. The van der Waals surface area contributed by atoms with Crippen LogP contribution in [-0.2, 0) is 0 Å². The van der Waals surface area contributed by atoms with Gasteiger partial charge in [-0.2, -0.15) is 5.26 Å². The predicted molar refractivity (Wildman–Crippen MR) is 165 cm³/mol. The van der Waals surface area contributed by atoms with E-state index in [1.54, 1.807) is 11.3 Å². The summed E-state index contributed by atoms with van der Waals surface area (Å²) in [6, 6.07) is 43.7. The highest BCUT2D eigenvalue weighted by Gasteiger charge is 2.24. The Hall–Kier alpha value is -5.31. The van der Waals surface area contributed by atoms with Crippen LogP contribution in [0.3, 0.4) is 0 Å². The Kier molecular flexibility index (Phi) is 5.03. The molecule has 3 aromatic heterocycles. The van der Waals surface area contributed by atoms with Gasteiger partial charge in [-0.05, 0) is 18.2 Å². The molecule has 0 radical (unpaired) electrons. The largest absolute Gasteiger partial charge is 0.292 e. The molecule has 0 amide bonds. The van der Waals surface area contributed by atoms with Gasteiger partial charge in [-0.1, -0.05) is 103 Å². The van der Waals surface area contributed by atoms with Gasteiger partial charge in [-0.3, -0.25) is 4.57 Å². The number of aromatic nitrogens is 3. The van der Waals surface area contributed by atoms with Gasteiger partial charge in [-0.15, -0.1) is 11.3 Å². The molecule has 0 aliphatic rings. The van der Waals surface area contributed by atoms with Crippen LogP contribution in [0, 0.1) is 11.3 Å². The normalized spacial score (nSPS) is 11.5. The molecule has 0 bridgehead atoms. The van der Waals surface area contributed by atoms with Crippen molar-refractivity contribution in [1.29, 1.82) is 5.26 Å². The third-order valence-electron chi connectivity index (χ3n) is 7.47. The summed E-state index contributed by atoms with van der Waals surface area (Å²) in [7, 11) is 0. The van der Waals surface area contributed by atoms with E-state index in [1.165, 1.54) is 20.2 Å². The van der Waals surface area contributed by atoms with Gasteiger partial charge in [0.25, 0.3) is 0 Å². The van der Waals surface area contributed by atoms with Crippen LogP contribution in [0.25, 0.3) is 70.4 Å². The Labute approximate surface area is 234 Å². The molecule has 5 heteroatoms. The molecule has 0 N–H and O–H groups in total. The summed E-state index contributed by atoms with van der Waals surface area (Å²) in [5.41, 5.74) is 4.92. The molecule has 0 saturated carbocycles. The molecule has 5 aromatic carbocycles. The van der Waals surface area contributed by atoms with Crippen LogP contribution >= 0.6 is 11.3 Å². The van der Waals surface area contributed by atoms with Crippen LogP contribution in [0.1, 0.15) is 5.56 Å². The molecule has 0 saturated heterocycles. The van der Waals surface area contributed by atoms with Gasteiger partial charge >= 0.3 is 0 Å². The van der Waals surface area contributed by atoms with E-state index in [-0.39, 0.29) is 0 Å². The Morgan fingerprint density at radius 3 is 2.05 bits per heavy atom. The summed E-state index contributed by atoms with van der Waals surface area (Å²) in [6.07, 6.45) is 0. The fourth-order valence-corrected chi connectivity index (χ4v) is 6.83. The first-order chi connectivity index (χ1) is 19.8. The van der Waals surface area contributed by atoms with Crippen molar-refractivity contribution < 1.29 is 0 Å². The monoisotopic (exact) mass is 528 g/mol. The number of nitrogens with zero attached hydrogens (tertiary/aromatic N) is 4. The molecule has 8 rings (SSSR count). The van der Waals surface area contributed by atoms with E-state index in [2.05, 4.69) is 65.2 Å². The number of rotatable bonds is 3. The summed E-state index contributed by atoms with van der Waals surface area (Å²) in [5, 5.41) is 15.3. The number of nitriles is 1. The van der Waals surface area contributed by atoms with Crippen LogP contribution in [0.5, 0.6) is 0 Å². The number of hydrogen-bond acceptors (Lipinski definition) is 4. The number of thiophene rings is 1. The first kappa shape index (κ1) is 22.7. The van der Waals surface area contributed by atoms with Gasteiger partial charge in [0.2, 0.25) is 0 Å². The lowest BCUT2D eigenvalue weighted by atomic mass is 10.1. The van der Waals surface area contributed by atoms with E-state index in [1.807, 2.05) is 66.7 Å². The maximum absolute atomic E-state index is 10.7. The number of benzene rings is 5. The predicted octanol–water partition coefficient (Wildman–Crippen LogP) is 9.15. The lowest BCUT2D eigenvalue weighted by molar-refractivity contribution is 1.04. The Morgan fingerprint density at radius 1 is 0.600 bits per heavy atom. The van der Waals surface area contributed by atoms with Crippen molar-refractivity contribution in [3.63, 3.8) is 0 Å². The van der Waals surface area contributed by atoms with Gasteiger partial charge < -0.3 is 0 Å². The molecule has 3 heterocycles. The lowest BCUT2D eigenvalue weighted by Crippen LogP contribution is -2.07. The van der Waals surface area contributed by atoms with Crippen molar-refractivity contribution in [2.45, 2.75) is 0 Å². The molecule has 0 aliphatic heterocycles. The molecule has 0 unspecified atom stereocenters. The second-order valence-corrected chi connectivity index (χ2v) is 10.8. The van der Waals surface area contributed by atoms with E-state index in [4.69, 9.17) is 9.97 Å². The summed E-state index contributed by atoms with van der Waals surface area (Å²) in [5.74, 6) is 1.17. The first-order valence-corrected chi connectivity index (χ1v) is 13.9. The van der Waals surface area contributed by atoms with Crippen LogP contribution < -0.4 is 0 Å². The molecule has 40 heavy (non-hydrogen) atoms. The summed E-state index contributed by atoms with van der Waals surface area (Å²) in [6.45, 7) is 0. The zero-order chi connectivity index (χ0) is 26.6. The van der Waals surface area contributed by atoms with E-state index in [9.17, 15) is 5.26 Å². The van der Waals surface area contributed by atoms with Crippen molar-refractivity contribution in [3.05, 3.63) is 127 Å². The van der Waals surface area contributed by atoms with Crippen LogP contribution in [0.2, 0.25) is 0 Å². The minimum absolute atomic E-state index is 0.449. The third kappa shape index (κ3) is 3.30. The SMILES string of the molecule is N#Cc1c(-c2ccccc2)nc(-c2ccccc2)nc1-n1c2ccccc2c2ccc3sc4ccccc4c3c21. The van der Waals surface area contributed by atoms with Crippen molar-refractivity contribution in [2.24, 2.45) is 0 Å². The summed E-state index contributed by atoms with van der Waals surface area (Å²) < 4.78 is 4.63. The van der Waals surface area contributed by atoms with Gasteiger partial charge in [0.05, 0.1) is 16.7 Å². The van der Waals surface area contributed by atoms with Crippen LogP contribution in [0.4, 0.5) is 0 Å². The standard InChI is InChI=1S/C35H20N4S/c36-21-27-32(22-11-3-1-4-12-22)37-34(23-13-5-2-6-14-23)38-35(27)39-28-17-9-7-15-24(28)25-19-20-30-31(33(25)39)26-16-8-10-18-29(26)40-30/h1-20H. The van der Waals surface area contributed by atoms with Gasteiger partial charge in [0, 0.05) is 42.1 Å². The Bertz CT molecular complexity index is 2270. The molecule has 0 fully saturated rings. The highest BCUT2D eigenvalue weighted by Crippen LogP contribution is 2.43. The quantitative estimate of drug-likeness (QED) is 0.230. The first-order valence-electron chi connectivity index (χ1n) is 13.1. The minimum atomic E-state index is 0.449. The average Bonchev–Trinajstić information content (AvgIpc) is 3.57. The number of hydrogen-bond donors (Lipinski definition) is 0. The fraction of sp³-hybridized carbons (Fsp3) is 0. The average molecular weight is 529 g/mol. The van der Waals surface area contributed by atoms with E-state index >= 15 is 0 Å². The smallest absolute Gasteiger partial charge is 0.162 e. The van der Waals surface area contributed by atoms with Crippen LogP contribution in [-0.4, -0.2) is 14.5 Å². The van der Waals surface area contributed by atoms with Gasteiger partial charge in [0.15, 0.2) is 11.6 Å². The maximum atomic E-state index is 10.7. The number of para-hydroxylation sites is 1. The molecular formula is C35H20N4S. The second kappa shape index (κ2) is 8.88. The molecule has 0 atom stereocenters. The lowest BCUT2D eigenvalue weighted by Gasteiger charge is -2.15. The molecule has 4 nitrogen and oxygen atoms in total. The summed E-state index contributed by atoms with van der Waals surface area (Å²) in [4.78, 5) is 10.1. The molecule has 8 aromatic rings. The molecule has 0 aliphatic carbocycles. The van der Waals surface area contributed by atoms with Crippen molar-refractivity contribution in [2.75, 3.05) is 0 Å². The van der Waals surface area contributed by atoms with Gasteiger partial charge in [0.1, 0.15) is 11.6 Å². The third-order valence-corrected chi connectivity index (χ3v) is 8.60. The maximum Gasteiger partial charge on any atom is 0.162 e. The van der Waals surface area contributed by atoms with Crippen molar-refractivity contribution in [1.82, 2.24) is 14.5 Å². The van der Waals surface area contributed by atoms with Crippen molar-refractivity contribution >= 4 is 53.3 Å². The topological polar surface area (TPSA) is 54.5 Å². The highest BCUT2D eigenvalue weighted by molar-refractivity contribution is 7.26. The van der Waals surface area contributed by atoms with E-state index < -0.39 is 0 Å². The second-order valence-electron chi connectivity index (χ2n) is 9.72. The molecule has 0 spiro atoms. The van der Waals surface area contributed by atoms with Gasteiger partial charge in [-0.25, -0.2) is 9.97 Å². The van der Waals surface area contributed by atoms with Crippen LogP contribution in [0.15, 0.2) is 121 Å². The minimum Gasteiger partial charge on any atom is -0.292 e. The number of fused-ring (bicyclic) bond motifs is 7. The molecule has 186 valence electrons. The zero-order valence-electron chi connectivity index (χ0n) is 21.2. The Balaban J connectivity index is 1.60. The van der Waals surface area contributed by atoms with E-state index in [0.29, 0.717) is 22.9 Å². The van der Waals surface area contributed by atoms with E-state index in [0.717, 1.165) is 32.9 Å². The zero-order valence-corrected chi connectivity index (χ0v) is 22.1.